The molecule has 0 spiro atoms. The summed E-state index contributed by atoms with van der Waals surface area (Å²) in [6.45, 7) is 4.82. The maximum atomic E-state index is 5.97. The minimum absolute atomic E-state index is 0.751. The molecule has 0 saturated heterocycles. The first-order chi connectivity index (χ1) is 7.22. The van der Waals surface area contributed by atoms with E-state index in [-0.39, 0.29) is 0 Å². The van der Waals surface area contributed by atoms with Crippen molar-refractivity contribution in [2.45, 2.75) is 0 Å². The summed E-state index contributed by atoms with van der Waals surface area (Å²) >= 11 is 5.97. The van der Waals surface area contributed by atoms with Crippen LogP contribution in [0.5, 0.6) is 0 Å². The van der Waals surface area contributed by atoms with Gasteiger partial charge in [-0.05, 0) is 30.8 Å². The molecule has 0 aliphatic carbocycles. The fraction of sp³-hybridized carbons (Fsp3) is 0.167. The maximum Gasteiger partial charge on any atom is 0.0461 e. The lowest BCUT2D eigenvalue weighted by Crippen LogP contribution is -2.08. The van der Waals surface area contributed by atoms with E-state index in [1.165, 1.54) is 0 Å². The second-order valence-corrected chi connectivity index (χ2v) is 3.96. The van der Waals surface area contributed by atoms with Gasteiger partial charge in [-0.2, -0.15) is 0 Å². The van der Waals surface area contributed by atoms with Gasteiger partial charge in [-0.1, -0.05) is 18.2 Å². The number of H-pyrrole nitrogens is 1. The summed E-state index contributed by atoms with van der Waals surface area (Å²) in [5, 5.41) is 4.97. The van der Waals surface area contributed by atoms with Crippen LogP contribution in [0.2, 0.25) is 5.02 Å². The quantitative estimate of drug-likeness (QED) is 0.818. The molecule has 2 nitrogen and oxygen atoms in total. The van der Waals surface area contributed by atoms with Crippen molar-refractivity contribution >= 4 is 28.1 Å². The Morgan fingerprint density at radius 3 is 3.07 bits per heavy atom. The summed E-state index contributed by atoms with van der Waals surface area (Å²) in [6.07, 6.45) is 1.97. The molecule has 0 aliphatic rings. The molecule has 0 radical (unpaired) electrons. The number of rotatable bonds is 3. The van der Waals surface area contributed by atoms with Gasteiger partial charge in [-0.15, -0.1) is 0 Å². The van der Waals surface area contributed by atoms with Gasteiger partial charge in [0.05, 0.1) is 0 Å². The van der Waals surface area contributed by atoms with Crippen molar-refractivity contribution in [2.24, 2.45) is 0 Å². The number of nitrogens with one attached hydrogen (secondary N) is 2. The third-order valence-electron chi connectivity index (χ3n) is 2.41. The van der Waals surface area contributed by atoms with Gasteiger partial charge in [0.2, 0.25) is 0 Å². The highest BCUT2D eigenvalue weighted by Crippen LogP contribution is 2.26. The minimum atomic E-state index is 0.751. The average Bonchev–Trinajstić information content (AvgIpc) is 2.60. The molecule has 0 aliphatic heterocycles. The molecule has 2 aromatic rings. The van der Waals surface area contributed by atoms with Crippen LogP contribution in [-0.2, 0) is 0 Å². The Bertz CT molecular complexity index is 499. The highest BCUT2D eigenvalue weighted by atomic mass is 35.5. The van der Waals surface area contributed by atoms with Gasteiger partial charge < -0.3 is 10.3 Å². The molecule has 15 heavy (non-hydrogen) atoms. The lowest BCUT2D eigenvalue weighted by Gasteiger charge is -2.03. The smallest absolute Gasteiger partial charge is 0.0461 e. The number of fused-ring (bicyclic) bond motifs is 1. The molecular formula is C12H13ClN2. The van der Waals surface area contributed by atoms with Crippen LogP contribution >= 0.6 is 11.6 Å². The Morgan fingerprint density at radius 1 is 1.53 bits per heavy atom. The molecule has 0 fully saturated rings. The number of aromatic nitrogens is 1. The Morgan fingerprint density at radius 2 is 2.33 bits per heavy atom. The van der Waals surface area contributed by atoms with Gasteiger partial charge in [0.25, 0.3) is 0 Å². The van der Waals surface area contributed by atoms with Gasteiger partial charge in [0.1, 0.15) is 0 Å². The molecule has 3 heteroatoms. The molecule has 0 unspecified atom stereocenters. The van der Waals surface area contributed by atoms with Crippen molar-refractivity contribution in [1.29, 1.82) is 0 Å². The molecule has 1 aromatic heterocycles. The SMILES string of the molecule is C=C(CNC)c1c[nH]c2ccc(Cl)cc12. The summed E-state index contributed by atoms with van der Waals surface area (Å²) in [7, 11) is 1.91. The predicted octanol–water partition coefficient (Wildman–Crippen LogP) is 3.05. The van der Waals surface area contributed by atoms with Crippen LogP contribution in [0.1, 0.15) is 5.56 Å². The van der Waals surface area contributed by atoms with Crippen molar-refractivity contribution in [2.75, 3.05) is 13.6 Å². The lowest BCUT2D eigenvalue weighted by atomic mass is 10.1. The van der Waals surface area contributed by atoms with Crippen molar-refractivity contribution < 1.29 is 0 Å². The normalized spacial score (nSPS) is 10.8. The van der Waals surface area contributed by atoms with Crippen LogP contribution in [0.15, 0.2) is 31.0 Å². The third-order valence-corrected chi connectivity index (χ3v) is 2.65. The number of benzene rings is 1. The molecular weight excluding hydrogens is 208 g/mol. The van der Waals surface area contributed by atoms with Crippen molar-refractivity contribution in [3.8, 4) is 0 Å². The number of hydrogen-bond donors (Lipinski definition) is 2. The van der Waals surface area contributed by atoms with Gasteiger partial charge in [0.15, 0.2) is 0 Å². The topological polar surface area (TPSA) is 27.8 Å². The molecule has 1 heterocycles. The minimum Gasteiger partial charge on any atom is -0.361 e. The van der Waals surface area contributed by atoms with E-state index in [4.69, 9.17) is 11.6 Å². The van der Waals surface area contributed by atoms with Crippen molar-refractivity contribution in [3.05, 3.63) is 41.6 Å². The molecule has 78 valence electrons. The number of hydrogen-bond acceptors (Lipinski definition) is 1. The van der Waals surface area contributed by atoms with Crippen LogP contribution in [0.4, 0.5) is 0 Å². The predicted molar refractivity (Wildman–Crippen MR) is 66.3 cm³/mol. The summed E-state index contributed by atoms with van der Waals surface area (Å²) in [4.78, 5) is 3.21. The van der Waals surface area contributed by atoms with Crippen molar-refractivity contribution in [1.82, 2.24) is 10.3 Å². The summed E-state index contributed by atoms with van der Waals surface area (Å²) in [5.41, 5.74) is 3.28. The zero-order chi connectivity index (χ0) is 10.8. The van der Waals surface area contributed by atoms with E-state index in [0.717, 1.165) is 33.6 Å². The van der Waals surface area contributed by atoms with Crippen LogP contribution < -0.4 is 5.32 Å². The number of halogens is 1. The first-order valence-electron chi connectivity index (χ1n) is 4.82. The maximum absolute atomic E-state index is 5.97. The molecule has 2 N–H and O–H groups in total. The Hall–Kier alpha value is -1.25. The first-order valence-corrected chi connectivity index (χ1v) is 5.19. The summed E-state index contributed by atoms with van der Waals surface area (Å²) < 4.78 is 0. The Balaban J connectivity index is 2.52. The van der Waals surface area contributed by atoms with Gasteiger partial charge >= 0.3 is 0 Å². The molecule has 1 aromatic carbocycles. The second-order valence-electron chi connectivity index (χ2n) is 3.53. The van der Waals surface area contributed by atoms with Gasteiger partial charge in [-0.25, -0.2) is 0 Å². The third kappa shape index (κ3) is 1.91. The summed E-state index contributed by atoms with van der Waals surface area (Å²) in [6, 6.07) is 5.82. The molecule has 2 rings (SSSR count). The van der Waals surface area contributed by atoms with E-state index < -0.39 is 0 Å². The zero-order valence-corrected chi connectivity index (χ0v) is 9.36. The molecule has 0 amide bonds. The fourth-order valence-corrected chi connectivity index (χ4v) is 1.87. The number of likely N-dealkylation sites (N-methyl/N-ethyl adjacent to an activating group) is 1. The van der Waals surface area contributed by atoms with E-state index >= 15 is 0 Å². The average molecular weight is 221 g/mol. The highest BCUT2D eigenvalue weighted by molar-refractivity contribution is 6.31. The highest BCUT2D eigenvalue weighted by Gasteiger charge is 2.06. The van der Waals surface area contributed by atoms with Crippen LogP contribution in [0.3, 0.4) is 0 Å². The van der Waals surface area contributed by atoms with Crippen LogP contribution in [-0.4, -0.2) is 18.6 Å². The first kappa shape index (κ1) is 10.3. The summed E-state index contributed by atoms with van der Waals surface area (Å²) in [5.74, 6) is 0. The van der Waals surface area contributed by atoms with E-state index in [9.17, 15) is 0 Å². The largest absolute Gasteiger partial charge is 0.361 e. The van der Waals surface area contributed by atoms with E-state index in [2.05, 4.69) is 16.9 Å². The standard InChI is InChI=1S/C12H13ClN2/c1-8(6-14-2)11-7-15-12-4-3-9(13)5-10(11)12/h3-5,7,14-15H,1,6H2,2H3. The second kappa shape index (κ2) is 4.09. The molecule has 0 atom stereocenters. The Labute approximate surface area is 93.9 Å². The molecule has 0 saturated carbocycles. The Kier molecular flexibility index (Phi) is 2.80. The number of aromatic amines is 1. The van der Waals surface area contributed by atoms with Crippen LogP contribution in [0.25, 0.3) is 16.5 Å². The zero-order valence-electron chi connectivity index (χ0n) is 8.60. The van der Waals surface area contributed by atoms with Gasteiger partial charge in [-0.3, -0.25) is 0 Å². The molecule has 0 bridgehead atoms. The van der Waals surface area contributed by atoms with E-state index in [1.54, 1.807) is 0 Å². The van der Waals surface area contributed by atoms with Crippen LogP contribution in [0, 0.1) is 0 Å². The van der Waals surface area contributed by atoms with Gasteiger partial charge in [0, 0.05) is 34.2 Å². The van der Waals surface area contributed by atoms with E-state index in [1.807, 2.05) is 31.4 Å². The monoisotopic (exact) mass is 220 g/mol. The van der Waals surface area contributed by atoms with Crippen molar-refractivity contribution in [3.63, 3.8) is 0 Å². The lowest BCUT2D eigenvalue weighted by molar-refractivity contribution is 0.933. The fourth-order valence-electron chi connectivity index (χ4n) is 1.69. The van der Waals surface area contributed by atoms with E-state index in [0.29, 0.717) is 0 Å².